The lowest BCUT2D eigenvalue weighted by atomic mass is 10.1. The van der Waals surface area contributed by atoms with E-state index in [0.717, 1.165) is 19.5 Å². The van der Waals surface area contributed by atoms with Crippen molar-refractivity contribution in [1.82, 2.24) is 5.32 Å². The van der Waals surface area contributed by atoms with Crippen LogP contribution in [-0.4, -0.2) is 19.8 Å². The molecule has 0 radical (unpaired) electrons. The molecule has 1 unspecified atom stereocenters. The topological polar surface area (TPSA) is 12.0 Å². The molecule has 1 fully saturated rings. The predicted molar refractivity (Wildman–Crippen MR) is 27.0 cm³/mol. The van der Waals surface area contributed by atoms with Gasteiger partial charge in [-0.3, -0.25) is 4.39 Å². The van der Waals surface area contributed by atoms with Crippen LogP contribution in [0.2, 0.25) is 0 Å². The van der Waals surface area contributed by atoms with Crippen molar-refractivity contribution in [3.8, 4) is 0 Å². The van der Waals surface area contributed by atoms with E-state index in [1.54, 1.807) is 0 Å². The molecule has 0 aromatic heterocycles. The van der Waals surface area contributed by atoms with Crippen LogP contribution in [-0.2, 0) is 0 Å². The SMILES string of the molecule is FCC1CCNC1. The van der Waals surface area contributed by atoms with Crippen LogP contribution < -0.4 is 5.32 Å². The smallest absolute Gasteiger partial charge is 0.0935 e. The van der Waals surface area contributed by atoms with E-state index in [2.05, 4.69) is 5.32 Å². The molecule has 1 aliphatic rings. The summed E-state index contributed by atoms with van der Waals surface area (Å²) in [7, 11) is 0. The lowest BCUT2D eigenvalue weighted by Gasteiger charge is -1.95. The highest BCUT2D eigenvalue weighted by Gasteiger charge is 2.12. The molecule has 42 valence electrons. The Labute approximate surface area is 42.9 Å². The molecule has 0 saturated carbocycles. The van der Waals surface area contributed by atoms with Gasteiger partial charge in [-0.1, -0.05) is 0 Å². The summed E-state index contributed by atoms with van der Waals surface area (Å²) in [5.41, 5.74) is 0. The molecule has 0 aliphatic carbocycles. The molecule has 0 spiro atoms. The van der Waals surface area contributed by atoms with Gasteiger partial charge in [0.2, 0.25) is 0 Å². The lowest BCUT2D eigenvalue weighted by Crippen LogP contribution is -2.09. The average molecular weight is 103 g/mol. The van der Waals surface area contributed by atoms with E-state index >= 15 is 0 Å². The summed E-state index contributed by atoms with van der Waals surface area (Å²) in [6.45, 7) is 1.75. The molecule has 0 bridgehead atoms. The quantitative estimate of drug-likeness (QED) is 0.511. The molecule has 0 amide bonds. The molecule has 1 N–H and O–H groups in total. The number of alkyl halides is 1. The fourth-order valence-corrected chi connectivity index (χ4v) is 0.846. The number of halogens is 1. The molecular weight excluding hydrogens is 93.1 g/mol. The maximum atomic E-state index is 11.7. The Hall–Kier alpha value is -0.110. The van der Waals surface area contributed by atoms with E-state index < -0.39 is 0 Å². The van der Waals surface area contributed by atoms with Gasteiger partial charge in [0.05, 0.1) is 6.67 Å². The van der Waals surface area contributed by atoms with E-state index in [9.17, 15) is 4.39 Å². The third kappa shape index (κ3) is 1.13. The van der Waals surface area contributed by atoms with E-state index in [-0.39, 0.29) is 6.67 Å². The van der Waals surface area contributed by atoms with Gasteiger partial charge in [-0.25, -0.2) is 0 Å². The van der Waals surface area contributed by atoms with Crippen LogP contribution in [0.25, 0.3) is 0 Å². The average Bonchev–Trinajstić information content (AvgIpc) is 2.14. The van der Waals surface area contributed by atoms with Gasteiger partial charge >= 0.3 is 0 Å². The summed E-state index contributed by atoms with van der Waals surface area (Å²) in [4.78, 5) is 0. The summed E-state index contributed by atoms with van der Waals surface area (Å²) in [5.74, 6) is 0.319. The molecule has 0 aromatic carbocycles. The molecule has 0 aromatic rings. The van der Waals surface area contributed by atoms with E-state index in [4.69, 9.17) is 0 Å². The van der Waals surface area contributed by atoms with Gasteiger partial charge in [0.1, 0.15) is 0 Å². The van der Waals surface area contributed by atoms with Gasteiger partial charge < -0.3 is 5.32 Å². The minimum absolute atomic E-state index is 0.146. The van der Waals surface area contributed by atoms with Gasteiger partial charge in [-0.15, -0.1) is 0 Å². The molecule has 1 rings (SSSR count). The Morgan fingerprint density at radius 1 is 1.71 bits per heavy atom. The van der Waals surface area contributed by atoms with Gasteiger partial charge in [0.25, 0.3) is 0 Å². The van der Waals surface area contributed by atoms with Gasteiger partial charge in [0.15, 0.2) is 0 Å². The first-order valence-corrected chi connectivity index (χ1v) is 2.70. The molecule has 7 heavy (non-hydrogen) atoms. The Morgan fingerprint density at radius 3 is 2.86 bits per heavy atom. The number of hydrogen-bond donors (Lipinski definition) is 1. The summed E-state index contributed by atoms with van der Waals surface area (Å²) < 4.78 is 11.7. The van der Waals surface area contributed by atoms with Crippen molar-refractivity contribution in [2.45, 2.75) is 6.42 Å². The fourth-order valence-electron chi connectivity index (χ4n) is 0.846. The van der Waals surface area contributed by atoms with Crippen LogP contribution >= 0.6 is 0 Å². The monoisotopic (exact) mass is 103 g/mol. The van der Waals surface area contributed by atoms with Gasteiger partial charge in [-0.2, -0.15) is 0 Å². The van der Waals surface area contributed by atoms with Crippen molar-refractivity contribution in [3.05, 3.63) is 0 Å². The van der Waals surface area contributed by atoms with Crippen LogP contribution in [0.3, 0.4) is 0 Å². The Balaban J connectivity index is 2.14. The second kappa shape index (κ2) is 2.26. The van der Waals surface area contributed by atoms with E-state index in [1.807, 2.05) is 0 Å². The van der Waals surface area contributed by atoms with Crippen molar-refractivity contribution >= 4 is 0 Å². The maximum Gasteiger partial charge on any atom is 0.0935 e. The van der Waals surface area contributed by atoms with Crippen molar-refractivity contribution < 1.29 is 4.39 Å². The zero-order valence-electron chi connectivity index (χ0n) is 4.28. The minimum Gasteiger partial charge on any atom is -0.316 e. The molecule has 1 heterocycles. The molecular formula is C5H10FN. The zero-order chi connectivity index (χ0) is 5.11. The summed E-state index contributed by atoms with van der Waals surface area (Å²) >= 11 is 0. The van der Waals surface area contributed by atoms with Crippen LogP contribution in [0.1, 0.15) is 6.42 Å². The van der Waals surface area contributed by atoms with Crippen molar-refractivity contribution in [3.63, 3.8) is 0 Å². The first-order valence-electron chi connectivity index (χ1n) is 2.70. The van der Waals surface area contributed by atoms with Crippen molar-refractivity contribution in [1.29, 1.82) is 0 Å². The Bertz CT molecular complexity index is 50.0. The molecule has 1 saturated heterocycles. The first-order chi connectivity index (χ1) is 3.43. The second-order valence-corrected chi connectivity index (χ2v) is 2.01. The summed E-state index contributed by atoms with van der Waals surface area (Å²) in [5, 5.41) is 3.08. The van der Waals surface area contributed by atoms with E-state index in [0.29, 0.717) is 5.92 Å². The fraction of sp³-hybridized carbons (Fsp3) is 1.00. The molecule has 2 heteroatoms. The van der Waals surface area contributed by atoms with Crippen molar-refractivity contribution in [2.75, 3.05) is 19.8 Å². The largest absolute Gasteiger partial charge is 0.316 e. The molecule has 1 aliphatic heterocycles. The molecule has 1 atom stereocenters. The van der Waals surface area contributed by atoms with Crippen LogP contribution in [0.4, 0.5) is 4.39 Å². The highest BCUT2D eigenvalue weighted by atomic mass is 19.1. The zero-order valence-corrected chi connectivity index (χ0v) is 4.28. The second-order valence-electron chi connectivity index (χ2n) is 2.01. The summed E-state index contributed by atoms with van der Waals surface area (Å²) in [6.07, 6.45) is 1.02. The Kier molecular flexibility index (Phi) is 1.63. The predicted octanol–water partition coefficient (Wildman–Crippen LogP) is 0.565. The highest BCUT2D eigenvalue weighted by molar-refractivity contribution is 4.69. The molecule has 1 nitrogen and oxygen atoms in total. The Morgan fingerprint density at radius 2 is 2.57 bits per heavy atom. The van der Waals surface area contributed by atoms with Crippen LogP contribution in [0, 0.1) is 5.92 Å². The number of hydrogen-bond acceptors (Lipinski definition) is 1. The number of rotatable bonds is 1. The standard InChI is InChI=1S/C5H10FN/c6-3-5-1-2-7-4-5/h5,7H,1-4H2. The number of nitrogens with one attached hydrogen (secondary N) is 1. The third-order valence-corrected chi connectivity index (χ3v) is 1.38. The lowest BCUT2D eigenvalue weighted by molar-refractivity contribution is 0.382. The normalized spacial score (nSPS) is 31.3. The summed E-state index contributed by atoms with van der Waals surface area (Å²) in [6, 6.07) is 0. The van der Waals surface area contributed by atoms with Gasteiger partial charge in [-0.05, 0) is 13.0 Å². The van der Waals surface area contributed by atoms with Gasteiger partial charge in [0, 0.05) is 12.5 Å². The third-order valence-electron chi connectivity index (χ3n) is 1.38. The maximum absolute atomic E-state index is 11.7. The van der Waals surface area contributed by atoms with Crippen LogP contribution in [0.15, 0.2) is 0 Å². The van der Waals surface area contributed by atoms with Crippen LogP contribution in [0.5, 0.6) is 0 Å². The van der Waals surface area contributed by atoms with Crippen molar-refractivity contribution in [2.24, 2.45) is 5.92 Å². The minimum atomic E-state index is -0.146. The highest BCUT2D eigenvalue weighted by Crippen LogP contribution is 2.06. The first kappa shape index (κ1) is 5.04. The van der Waals surface area contributed by atoms with E-state index in [1.165, 1.54) is 0 Å².